The van der Waals surface area contributed by atoms with Crippen molar-refractivity contribution in [1.29, 1.82) is 0 Å². The van der Waals surface area contributed by atoms with Crippen LogP contribution < -0.4 is 4.90 Å². The quantitative estimate of drug-likeness (QED) is 0.510. The first-order valence-corrected chi connectivity index (χ1v) is 10.7. The van der Waals surface area contributed by atoms with Crippen LogP contribution in [0, 0.1) is 0 Å². The van der Waals surface area contributed by atoms with Crippen molar-refractivity contribution >= 4 is 22.4 Å². The Morgan fingerprint density at radius 1 is 0.900 bits per heavy atom. The van der Waals surface area contributed by atoms with Crippen molar-refractivity contribution in [3.05, 3.63) is 78.1 Å². The summed E-state index contributed by atoms with van der Waals surface area (Å²) >= 11 is 1.62. The number of aromatic nitrogens is 4. The number of amides is 1. The minimum Gasteiger partial charge on any atom is -0.345 e. The van der Waals surface area contributed by atoms with Crippen molar-refractivity contribution in [3.8, 4) is 17.1 Å². The number of hydrogen-bond donors (Lipinski definition) is 0. The molecule has 1 aliphatic heterocycles. The fourth-order valence-corrected chi connectivity index (χ4v) is 4.24. The molecular weight excluding hydrogens is 396 g/mol. The Morgan fingerprint density at radius 2 is 1.60 bits per heavy atom. The average molecular weight is 417 g/mol. The van der Waals surface area contributed by atoms with Crippen LogP contribution in [0.3, 0.4) is 0 Å². The SMILES string of the molecule is O=C(c1nc(-c2ccccc2)n(-c2ccccc2)n1)N1CCN(c2nccs2)CC1. The maximum Gasteiger partial charge on any atom is 0.293 e. The van der Waals surface area contributed by atoms with E-state index in [0.29, 0.717) is 18.9 Å². The van der Waals surface area contributed by atoms with Gasteiger partial charge in [0.15, 0.2) is 11.0 Å². The second kappa shape index (κ2) is 8.08. The molecule has 0 spiro atoms. The van der Waals surface area contributed by atoms with Crippen LogP contribution in [0.1, 0.15) is 10.6 Å². The van der Waals surface area contributed by atoms with Crippen molar-refractivity contribution in [1.82, 2.24) is 24.6 Å². The Labute approximate surface area is 178 Å². The molecule has 0 aliphatic carbocycles. The second-order valence-corrected chi connectivity index (χ2v) is 7.84. The fraction of sp³-hybridized carbons (Fsp3) is 0.182. The molecule has 3 heterocycles. The molecule has 7 nitrogen and oxygen atoms in total. The zero-order chi connectivity index (χ0) is 20.3. The summed E-state index contributed by atoms with van der Waals surface area (Å²) in [6.45, 7) is 2.76. The smallest absolute Gasteiger partial charge is 0.293 e. The average Bonchev–Trinajstić information content (AvgIpc) is 3.51. The molecule has 150 valence electrons. The molecule has 0 bridgehead atoms. The number of rotatable bonds is 4. The van der Waals surface area contributed by atoms with Gasteiger partial charge in [-0.1, -0.05) is 48.5 Å². The molecule has 0 saturated carbocycles. The van der Waals surface area contributed by atoms with Crippen LogP contribution in [0.25, 0.3) is 17.1 Å². The number of anilines is 1. The van der Waals surface area contributed by atoms with Crippen LogP contribution in [-0.2, 0) is 0 Å². The van der Waals surface area contributed by atoms with E-state index in [1.54, 1.807) is 16.0 Å². The minimum absolute atomic E-state index is 0.138. The van der Waals surface area contributed by atoms with E-state index >= 15 is 0 Å². The normalized spacial score (nSPS) is 14.1. The van der Waals surface area contributed by atoms with Crippen molar-refractivity contribution in [2.75, 3.05) is 31.1 Å². The molecule has 2 aromatic heterocycles. The lowest BCUT2D eigenvalue weighted by molar-refractivity contribution is 0.0734. The Kier molecular flexibility index (Phi) is 4.98. The third-order valence-corrected chi connectivity index (χ3v) is 5.92. The monoisotopic (exact) mass is 416 g/mol. The Morgan fingerprint density at radius 3 is 2.27 bits per heavy atom. The van der Waals surface area contributed by atoms with Gasteiger partial charge >= 0.3 is 0 Å². The van der Waals surface area contributed by atoms with Gasteiger partial charge in [0.05, 0.1) is 5.69 Å². The summed E-state index contributed by atoms with van der Waals surface area (Å²) in [5.74, 6) is 0.743. The number of hydrogen-bond acceptors (Lipinski definition) is 6. The molecule has 0 radical (unpaired) electrons. The summed E-state index contributed by atoms with van der Waals surface area (Å²) in [4.78, 5) is 26.2. The van der Waals surface area contributed by atoms with Crippen LogP contribution in [-0.4, -0.2) is 56.7 Å². The summed E-state index contributed by atoms with van der Waals surface area (Å²) in [5.41, 5.74) is 1.79. The molecule has 0 unspecified atom stereocenters. The number of para-hydroxylation sites is 1. The zero-order valence-corrected chi connectivity index (χ0v) is 17.1. The predicted octanol–water partition coefficient (Wildman–Crippen LogP) is 3.35. The topological polar surface area (TPSA) is 67.2 Å². The first-order valence-electron chi connectivity index (χ1n) is 9.81. The van der Waals surface area contributed by atoms with Gasteiger partial charge in [0, 0.05) is 43.3 Å². The molecule has 2 aromatic carbocycles. The summed E-state index contributed by atoms with van der Waals surface area (Å²) in [7, 11) is 0. The summed E-state index contributed by atoms with van der Waals surface area (Å²) in [6.07, 6.45) is 1.81. The highest BCUT2D eigenvalue weighted by molar-refractivity contribution is 7.13. The van der Waals surface area contributed by atoms with E-state index in [-0.39, 0.29) is 11.7 Å². The molecule has 4 aromatic rings. The largest absolute Gasteiger partial charge is 0.345 e. The van der Waals surface area contributed by atoms with E-state index in [9.17, 15) is 4.79 Å². The third kappa shape index (κ3) is 3.57. The van der Waals surface area contributed by atoms with Gasteiger partial charge in [0.1, 0.15) is 0 Å². The first-order chi connectivity index (χ1) is 14.8. The predicted molar refractivity (Wildman–Crippen MR) is 117 cm³/mol. The summed E-state index contributed by atoms with van der Waals surface area (Å²) in [6, 6.07) is 19.6. The molecule has 1 saturated heterocycles. The number of thiazole rings is 1. The van der Waals surface area contributed by atoms with Crippen molar-refractivity contribution < 1.29 is 4.79 Å². The van der Waals surface area contributed by atoms with Crippen molar-refractivity contribution in [3.63, 3.8) is 0 Å². The van der Waals surface area contributed by atoms with Gasteiger partial charge in [-0.25, -0.2) is 14.6 Å². The molecule has 30 heavy (non-hydrogen) atoms. The second-order valence-electron chi connectivity index (χ2n) is 6.97. The maximum atomic E-state index is 13.2. The highest BCUT2D eigenvalue weighted by Crippen LogP contribution is 2.23. The van der Waals surface area contributed by atoms with E-state index < -0.39 is 0 Å². The fourth-order valence-electron chi connectivity index (χ4n) is 3.54. The number of piperazine rings is 1. The number of carbonyl (C=O) groups is 1. The molecule has 1 fully saturated rings. The Bertz CT molecular complexity index is 1060. The lowest BCUT2D eigenvalue weighted by Gasteiger charge is -2.33. The lowest BCUT2D eigenvalue weighted by atomic mass is 10.2. The number of benzene rings is 2. The van der Waals surface area contributed by atoms with Gasteiger partial charge in [-0.3, -0.25) is 4.79 Å². The van der Waals surface area contributed by atoms with Gasteiger partial charge in [-0.2, -0.15) is 0 Å². The maximum absolute atomic E-state index is 13.2. The van der Waals surface area contributed by atoms with Crippen LogP contribution in [0.4, 0.5) is 5.13 Å². The Balaban J connectivity index is 1.42. The first kappa shape index (κ1) is 18.5. The lowest BCUT2D eigenvalue weighted by Crippen LogP contribution is -2.49. The molecular formula is C22H20N6OS. The van der Waals surface area contributed by atoms with Gasteiger partial charge in [-0.05, 0) is 12.1 Å². The zero-order valence-electron chi connectivity index (χ0n) is 16.3. The molecule has 5 rings (SSSR count). The van der Waals surface area contributed by atoms with E-state index in [4.69, 9.17) is 0 Å². The summed E-state index contributed by atoms with van der Waals surface area (Å²) in [5, 5.41) is 7.56. The highest BCUT2D eigenvalue weighted by Gasteiger charge is 2.27. The third-order valence-electron chi connectivity index (χ3n) is 5.09. The Hall–Kier alpha value is -3.52. The van der Waals surface area contributed by atoms with Crippen LogP contribution in [0.15, 0.2) is 72.2 Å². The minimum atomic E-state index is -0.138. The molecule has 8 heteroatoms. The van der Waals surface area contributed by atoms with E-state index in [0.717, 1.165) is 29.5 Å². The van der Waals surface area contributed by atoms with Crippen molar-refractivity contribution in [2.45, 2.75) is 0 Å². The summed E-state index contributed by atoms with van der Waals surface area (Å²) < 4.78 is 1.74. The van der Waals surface area contributed by atoms with Crippen LogP contribution in [0.5, 0.6) is 0 Å². The van der Waals surface area contributed by atoms with Gasteiger partial charge in [0.2, 0.25) is 5.82 Å². The molecule has 1 aliphatic rings. The number of carbonyl (C=O) groups excluding carboxylic acids is 1. The molecule has 0 N–H and O–H groups in total. The molecule has 0 atom stereocenters. The van der Waals surface area contributed by atoms with E-state index in [2.05, 4.69) is 20.0 Å². The number of nitrogens with zero attached hydrogens (tertiary/aromatic N) is 6. The van der Waals surface area contributed by atoms with E-state index in [1.165, 1.54) is 0 Å². The van der Waals surface area contributed by atoms with Crippen LogP contribution >= 0.6 is 11.3 Å². The van der Waals surface area contributed by atoms with Gasteiger partial charge in [0.25, 0.3) is 5.91 Å². The van der Waals surface area contributed by atoms with Crippen molar-refractivity contribution in [2.24, 2.45) is 0 Å². The molecule has 1 amide bonds. The standard InChI is InChI=1S/C22H20N6OS/c29-21(26-12-14-27(15-13-26)22-23-11-16-30-22)19-24-20(17-7-3-1-4-8-17)28(25-19)18-9-5-2-6-10-18/h1-11,16H,12-15H2. The highest BCUT2D eigenvalue weighted by atomic mass is 32.1. The van der Waals surface area contributed by atoms with Gasteiger partial charge < -0.3 is 9.80 Å². The van der Waals surface area contributed by atoms with Crippen LogP contribution in [0.2, 0.25) is 0 Å². The van der Waals surface area contributed by atoms with Gasteiger partial charge in [-0.15, -0.1) is 16.4 Å². The van der Waals surface area contributed by atoms with E-state index in [1.807, 2.05) is 77.1 Å².